The van der Waals surface area contributed by atoms with E-state index in [0.29, 0.717) is 28.0 Å². The van der Waals surface area contributed by atoms with Crippen molar-refractivity contribution in [1.82, 2.24) is 14.8 Å². The molecular formula is C21H22ClN5O3S. The molecule has 3 aromatic rings. The highest BCUT2D eigenvalue weighted by molar-refractivity contribution is 7.99. The van der Waals surface area contributed by atoms with Crippen LogP contribution < -0.4 is 10.6 Å². The van der Waals surface area contributed by atoms with Gasteiger partial charge in [0, 0.05) is 17.8 Å². The summed E-state index contributed by atoms with van der Waals surface area (Å²) >= 11 is 7.41. The molecule has 2 N–H and O–H groups in total. The summed E-state index contributed by atoms with van der Waals surface area (Å²) in [7, 11) is 3.14. The number of carbonyl (C=O) groups is 2. The molecular weight excluding hydrogens is 438 g/mol. The molecule has 2 aromatic carbocycles. The van der Waals surface area contributed by atoms with Crippen molar-refractivity contribution >= 4 is 46.6 Å². The van der Waals surface area contributed by atoms with Crippen LogP contribution in [0.25, 0.3) is 0 Å². The molecule has 1 amide bonds. The highest BCUT2D eigenvalue weighted by Gasteiger charge is 2.15. The SMILES string of the molecule is COC(=O)c1ccccc1NC(=O)CSc1nnc(CNc2ccc(C)c(Cl)c2)n1C. The second-order valence-corrected chi connectivity index (χ2v) is 8.00. The minimum atomic E-state index is -0.510. The van der Waals surface area contributed by atoms with Crippen LogP contribution in [0.4, 0.5) is 11.4 Å². The first kappa shape index (κ1) is 22.6. The number of anilines is 2. The number of rotatable bonds is 8. The summed E-state index contributed by atoms with van der Waals surface area (Å²) in [6, 6.07) is 12.4. The van der Waals surface area contributed by atoms with E-state index >= 15 is 0 Å². The lowest BCUT2D eigenvalue weighted by Crippen LogP contribution is -2.17. The van der Waals surface area contributed by atoms with Crippen LogP contribution in [-0.4, -0.2) is 39.5 Å². The summed E-state index contributed by atoms with van der Waals surface area (Å²) in [5.74, 6) is 0.0560. The second kappa shape index (κ2) is 10.3. The Balaban J connectivity index is 1.57. The average Bonchev–Trinajstić information content (AvgIpc) is 3.12. The van der Waals surface area contributed by atoms with Crippen molar-refractivity contribution in [3.05, 3.63) is 64.4 Å². The highest BCUT2D eigenvalue weighted by atomic mass is 35.5. The van der Waals surface area contributed by atoms with Crippen molar-refractivity contribution in [3.63, 3.8) is 0 Å². The van der Waals surface area contributed by atoms with Crippen LogP contribution in [0.1, 0.15) is 21.7 Å². The van der Waals surface area contributed by atoms with Crippen molar-refractivity contribution in [3.8, 4) is 0 Å². The standard InChI is InChI=1S/C21H22ClN5O3S/c1-13-8-9-14(10-16(13)22)23-11-18-25-26-21(27(18)2)31-12-19(28)24-17-7-5-4-6-15(17)20(29)30-3/h4-10,23H,11-12H2,1-3H3,(H,24,28). The lowest BCUT2D eigenvalue weighted by atomic mass is 10.2. The van der Waals surface area contributed by atoms with Crippen molar-refractivity contribution in [2.45, 2.75) is 18.6 Å². The van der Waals surface area contributed by atoms with Crippen LogP contribution in [0.2, 0.25) is 5.02 Å². The first-order valence-corrected chi connectivity index (χ1v) is 10.7. The molecule has 0 aliphatic heterocycles. The van der Waals surface area contributed by atoms with Gasteiger partial charge in [0.15, 0.2) is 11.0 Å². The number of para-hydroxylation sites is 1. The fourth-order valence-corrected chi connectivity index (χ4v) is 3.62. The molecule has 31 heavy (non-hydrogen) atoms. The van der Waals surface area contributed by atoms with Gasteiger partial charge in [-0.05, 0) is 36.8 Å². The van der Waals surface area contributed by atoms with Crippen LogP contribution in [0.3, 0.4) is 0 Å². The molecule has 0 radical (unpaired) electrons. The molecule has 10 heteroatoms. The number of amides is 1. The number of ether oxygens (including phenoxy) is 1. The third-order valence-corrected chi connectivity index (χ3v) is 5.91. The molecule has 0 aliphatic carbocycles. The van der Waals surface area contributed by atoms with Gasteiger partial charge in [-0.15, -0.1) is 10.2 Å². The zero-order valence-corrected chi connectivity index (χ0v) is 18.9. The van der Waals surface area contributed by atoms with Gasteiger partial charge in [-0.2, -0.15) is 0 Å². The number of thioether (sulfide) groups is 1. The predicted molar refractivity (Wildman–Crippen MR) is 122 cm³/mol. The molecule has 1 heterocycles. The first-order valence-electron chi connectivity index (χ1n) is 9.37. The van der Waals surface area contributed by atoms with E-state index < -0.39 is 5.97 Å². The Labute approximate surface area is 189 Å². The number of carbonyl (C=O) groups excluding carboxylic acids is 2. The molecule has 0 aliphatic rings. The third-order valence-electron chi connectivity index (χ3n) is 4.49. The van der Waals surface area contributed by atoms with E-state index in [1.807, 2.05) is 36.7 Å². The Morgan fingerprint density at radius 3 is 2.71 bits per heavy atom. The largest absolute Gasteiger partial charge is 0.465 e. The molecule has 0 atom stereocenters. The number of aromatic nitrogens is 3. The predicted octanol–water partition coefficient (Wildman–Crippen LogP) is 3.91. The van der Waals surface area contributed by atoms with Crippen LogP contribution in [-0.2, 0) is 23.1 Å². The first-order chi connectivity index (χ1) is 14.9. The average molecular weight is 460 g/mol. The maximum Gasteiger partial charge on any atom is 0.339 e. The summed E-state index contributed by atoms with van der Waals surface area (Å²) in [5, 5.41) is 15.6. The maximum atomic E-state index is 12.4. The molecule has 0 unspecified atom stereocenters. The molecule has 8 nitrogen and oxygen atoms in total. The van der Waals surface area contributed by atoms with E-state index in [2.05, 4.69) is 20.8 Å². The Hall–Kier alpha value is -3.04. The van der Waals surface area contributed by atoms with Gasteiger partial charge < -0.3 is 19.9 Å². The summed E-state index contributed by atoms with van der Waals surface area (Å²) in [5.41, 5.74) is 2.60. The number of methoxy groups -OCH3 is 1. The van der Waals surface area contributed by atoms with E-state index in [0.717, 1.165) is 17.1 Å². The van der Waals surface area contributed by atoms with Gasteiger partial charge in [0.2, 0.25) is 5.91 Å². The highest BCUT2D eigenvalue weighted by Crippen LogP contribution is 2.22. The second-order valence-electron chi connectivity index (χ2n) is 6.65. The lowest BCUT2D eigenvalue weighted by molar-refractivity contribution is -0.113. The Bertz CT molecular complexity index is 1100. The molecule has 0 spiro atoms. The summed E-state index contributed by atoms with van der Waals surface area (Å²) in [6.45, 7) is 2.41. The van der Waals surface area contributed by atoms with E-state index in [1.54, 1.807) is 24.3 Å². The van der Waals surface area contributed by atoms with Gasteiger partial charge in [-0.3, -0.25) is 4.79 Å². The zero-order valence-electron chi connectivity index (χ0n) is 17.3. The van der Waals surface area contributed by atoms with Gasteiger partial charge >= 0.3 is 5.97 Å². The Morgan fingerprint density at radius 1 is 1.19 bits per heavy atom. The Morgan fingerprint density at radius 2 is 1.97 bits per heavy atom. The van der Waals surface area contributed by atoms with Gasteiger partial charge in [0.1, 0.15) is 0 Å². The van der Waals surface area contributed by atoms with Crippen LogP contribution in [0, 0.1) is 6.92 Å². The number of nitrogens with zero attached hydrogens (tertiary/aromatic N) is 3. The zero-order chi connectivity index (χ0) is 22.4. The summed E-state index contributed by atoms with van der Waals surface area (Å²) < 4.78 is 6.57. The number of benzene rings is 2. The fourth-order valence-electron chi connectivity index (χ4n) is 2.71. The van der Waals surface area contributed by atoms with Gasteiger partial charge in [0.25, 0.3) is 0 Å². The number of hydrogen-bond acceptors (Lipinski definition) is 7. The van der Waals surface area contributed by atoms with Crippen LogP contribution in [0.5, 0.6) is 0 Å². The quantitative estimate of drug-likeness (QED) is 0.389. The van der Waals surface area contributed by atoms with Gasteiger partial charge in [0.05, 0.1) is 30.7 Å². The minimum absolute atomic E-state index is 0.114. The van der Waals surface area contributed by atoms with Gasteiger partial charge in [-0.25, -0.2) is 4.79 Å². The number of nitrogens with one attached hydrogen (secondary N) is 2. The van der Waals surface area contributed by atoms with E-state index in [1.165, 1.54) is 18.9 Å². The summed E-state index contributed by atoms with van der Waals surface area (Å²) in [6.07, 6.45) is 0. The lowest BCUT2D eigenvalue weighted by Gasteiger charge is -2.10. The smallest absolute Gasteiger partial charge is 0.339 e. The van der Waals surface area contributed by atoms with E-state index in [-0.39, 0.29) is 11.7 Å². The normalized spacial score (nSPS) is 10.6. The van der Waals surface area contributed by atoms with Crippen molar-refractivity contribution in [2.75, 3.05) is 23.5 Å². The van der Waals surface area contributed by atoms with Gasteiger partial charge in [-0.1, -0.05) is 41.6 Å². The topological polar surface area (TPSA) is 98.1 Å². The van der Waals surface area contributed by atoms with Crippen molar-refractivity contribution in [1.29, 1.82) is 0 Å². The molecule has 162 valence electrons. The molecule has 0 saturated carbocycles. The fraction of sp³-hybridized carbons (Fsp3) is 0.238. The van der Waals surface area contributed by atoms with E-state index in [4.69, 9.17) is 16.3 Å². The van der Waals surface area contributed by atoms with Crippen LogP contribution >= 0.6 is 23.4 Å². The van der Waals surface area contributed by atoms with Crippen LogP contribution in [0.15, 0.2) is 47.6 Å². The monoisotopic (exact) mass is 459 g/mol. The molecule has 1 aromatic heterocycles. The molecule has 0 bridgehead atoms. The summed E-state index contributed by atoms with van der Waals surface area (Å²) in [4.78, 5) is 24.2. The Kier molecular flexibility index (Phi) is 7.54. The number of hydrogen-bond donors (Lipinski definition) is 2. The number of halogens is 1. The third kappa shape index (κ3) is 5.77. The maximum absolute atomic E-state index is 12.4. The molecule has 0 saturated heterocycles. The number of esters is 1. The van der Waals surface area contributed by atoms with E-state index in [9.17, 15) is 9.59 Å². The minimum Gasteiger partial charge on any atom is -0.465 e. The van der Waals surface area contributed by atoms with Crippen molar-refractivity contribution in [2.24, 2.45) is 7.05 Å². The number of aryl methyl sites for hydroxylation is 1. The molecule has 0 fully saturated rings. The van der Waals surface area contributed by atoms with Crippen molar-refractivity contribution < 1.29 is 14.3 Å². The molecule has 3 rings (SSSR count).